The van der Waals surface area contributed by atoms with Gasteiger partial charge in [-0.1, -0.05) is 63.1 Å². The van der Waals surface area contributed by atoms with E-state index in [1.807, 2.05) is 24.4 Å². The van der Waals surface area contributed by atoms with Crippen molar-refractivity contribution >= 4 is 16.5 Å². The van der Waals surface area contributed by atoms with E-state index >= 15 is 0 Å². The number of aryl methyl sites for hydroxylation is 1. The molecular formula is C23H29FN2S. The fraction of sp³-hybridized carbons (Fsp3) is 0.348. The molecule has 0 radical (unpaired) electrons. The molecule has 4 heteroatoms. The topological polar surface area (TPSA) is 38.9 Å². The van der Waals surface area contributed by atoms with Crippen LogP contribution in [0.25, 0.3) is 11.1 Å². The number of benzene rings is 2. The highest BCUT2D eigenvalue weighted by molar-refractivity contribution is 7.15. The van der Waals surface area contributed by atoms with Crippen LogP contribution in [-0.2, 0) is 0 Å². The van der Waals surface area contributed by atoms with Gasteiger partial charge < -0.3 is 5.73 Å². The summed E-state index contributed by atoms with van der Waals surface area (Å²) in [6.07, 6.45) is 6.94. The molecule has 1 aromatic heterocycles. The molecule has 27 heavy (non-hydrogen) atoms. The second kappa shape index (κ2) is 10.8. The van der Waals surface area contributed by atoms with Crippen LogP contribution in [0.4, 0.5) is 9.52 Å². The maximum Gasteiger partial charge on any atom is 0.180 e. The number of hydrogen-bond acceptors (Lipinski definition) is 3. The monoisotopic (exact) mass is 384 g/mol. The summed E-state index contributed by atoms with van der Waals surface area (Å²) in [7, 11) is 0. The average Bonchev–Trinajstić information content (AvgIpc) is 3.10. The number of aromatic nitrogens is 1. The summed E-state index contributed by atoms with van der Waals surface area (Å²) in [5.41, 5.74) is 9.04. The van der Waals surface area contributed by atoms with Gasteiger partial charge in [-0.3, -0.25) is 0 Å². The number of hydrogen-bond donors (Lipinski definition) is 1. The first-order valence-electron chi connectivity index (χ1n) is 9.57. The van der Waals surface area contributed by atoms with Crippen LogP contribution in [0.5, 0.6) is 0 Å². The van der Waals surface area contributed by atoms with E-state index in [9.17, 15) is 4.39 Å². The van der Waals surface area contributed by atoms with Crippen molar-refractivity contribution < 1.29 is 4.39 Å². The minimum absolute atomic E-state index is 0.192. The van der Waals surface area contributed by atoms with Gasteiger partial charge in [-0.05, 0) is 54.5 Å². The average molecular weight is 385 g/mol. The van der Waals surface area contributed by atoms with Crippen molar-refractivity contribution in [3.8, 4) is 11.1 Å². The maximum atomic E-state index is 12.7. The van der Waals surface area contributed by atoms with Crippen molar-refractivity contribution in [2.24, 2.45) is 0 Å². The summed E-state index contributed by atoms with van der Waals surface area (Å²) in [5, 5.41) is 0.701. The molecule has 2 nitrogen and oxygen atoms in total. The van der Waals surface area contributed by atoms with Gasteiger partial charge in [-0.25, -0.2) is 9.37 Å². The lowest BCUT2D eigenvalue weighted by molar-refractivity contribution is 0.568. The Hall–Kier alpha value is -2.20. The highest BCUT2D eigenvalue weighted by Gasteiger charge is 2.12. The zero-order chi connectivity index (χ0) is 19.6. The highest BCUT2D eigenvalue weighted by Crippen LogP contribution is 2.31. The molecule has 0 amide bonds. The Labute approximate surface area is 166 Å². The maximum absolute atomic E-state index is 12.7. The summed E-state index contributed by atoms with van der Waals surface area (Å²) in [6.45, 7) is 6.51. The molecule has 0 saturated heterocycles. The lowest BCUT2D eigenvalue weighted by Crippen LogP contribution is -1.94. The number of nitrogen functional groups attached to an aromatic ring is 1. The van der Waals surface area contributed by atoms with Crippen molar-refractivity contribution in [3.05, 3.63) is 71.0 Å². The molecule has 3 rings (SSSR count). The lowest BCUT2D eigenvalue weighted by atomic mass is 9.97. The zero-order valence-electron chi connectivity index (χ0n) is 16.4. The Morgan fingerprint density at radius 3 is 2.15 bits per heavy atom. The summed E-state index contributed by atoms with van der Waals surface area (Å²) in [5.74, 6) is 0.493. The fourth-order valence-electron chi connectivity index (χ4n) is 3.14. The van der Waals surface area contributed by atoms with Crippen LogP contribution in [0.2, 0.25) is 0 Å². The van der Waals surface area contributed by atoms with Gasteiger partial charge in [0.25, 0.3) is 0 Å². The SMILES string of the molecule is CCCC(CCC)c1cnc(N)s1.Cc1ccccc1-c1ccc(F)cc1. The molecule has 0 unspecified atom stereocenters. The van der Waals surface area contributed by atoms with Crippen LogP contribution < -0.4 is 5.73 Å². The Balaban J connectivity index is 0.000000194. The first-order valence-corrected chi connectivity index (χ1v) is 10.4. The molecule has 3 aromatic rings. The molecule has 0 spiro atoms. The molecule has 0 aliphatic carbocycles. The van der Waals surface area contributed by atoms with E-state index in [0.29, 0.717) is 11.0 Å². The number of rotatable bonds is 6. The summed E-state index contributed by atoms with van der Waals surface area (Å²) < 4.78 is 12.7. The van der Waals surface area contributed by atoms with Crippen molar-refractivity contribution in [2.45, 2.75) is 52.4 Å². The normalized spacial score (nSPS) is 10.6. The van der Waals surface area contributed by atoms with Gasteiger partial charge in [0.15, 0.2) is 5.13 Å². The fourth-order valence-corrected chi connectivity index (χ4v) is 4.00. The van der Waals surface area contributed by atoms with Gasteiger partial charge in [0.2, 0.25) is 0 Å². The molecule has 0 aliphatic rings. The van der Waals surface area contributed by atoms with Crippen molar-refractivity contribution in [2.75, 3.05) is 5.73 Å². The van der Waals surface area contributed by atoms with E-state index in [-0.39, 0.29) is 5.82 Å². The lowest BCUT2D eigenvalue weighted by Gasteiger charge is -2.11. The largest absolute Gasteiger partial charge is 0.375 e. The molecule has 0 atom stereocenters. The number of nitrogens with zero attached hydrogens (tertiary/aromatic N) is 1. The van der Waals surface area contributed by atoms with Crippen LogP contribution >= 0.6 is 11.3 Å². The van der Waals surface area contributed by atoms with E-state index in [2.05, 4.69) is 31.8 Å². The molecule has 2 N–H and O–H groups in total. The third-order valence-electron chi connectivity index (χ3n) is 4.52. The number of halogens is 1. The van der Waals surface area contributed by atoms with E-state index in [1.165, 1.54) is 48.3 Å². The highest BCUT2D eigenvalue weighted by atomic mass is 32.1. The van der Waals surface area contributed by atoms with E-state index in [4.69, 9.17) is 5.73 Å². The second-order valence-corrected chi connectivity index (χ2v) is 7.79. The molecular weight excluding hydrogens is 355 g/mol. The van der Waals surface area contributed by atoms with E-state index in [0.717, 1.165) is 11.1 Å². The third kappa shape index (κ3) is 6.47. The van der Waals surface area contributed by atoms with Gasteiger partial charge in [0, 0.05) is 11.1 Å². The van der Waals surface area contributed by atoms with Crippen molar-refractivity contribution in [3.63, 3.8) is 0 Å². The van der Waals surface area contributed by atoms with E-state index < -0.39 is 0 Å². The summed E-state index contributed by atoms with van der Waals surface area (Å²) >= 11 is 1.64. The van der Waals surface area contributed by atoms with E-state index in [1.54, 1.807) is 23.5 Å². The zero-order valence-corrected chi connectivity index (χ0v) is 17.2. The predicted molar refractivity (Wildman–Crippen MR) is 116 cm³/mol. The molecule has 144 valence electrons. The van der Waals surface area contributed by atoms with Gasteiger partial charge in [0.1, 0.15) is 5.82 Å². The first kappa shape index (κ1) is 21.1. The Morgan fingerprint density at radius 1 is 1.00 bits per heavy atom. The number of thiazole rings is 1. The molecule has 0 fully saturated rings. The molecule has 0 aliphatic heterocycles. The van der Waals surface area contributed by atoms with Crippen molar-refractivity contribution in [1.82, 2.24) is 4.98 Å². The smallest absolute Gasteiger partial charge is 0.180 e. The van der Waals surface area contributed by atoms with Crippen LogP contribution in [0.3, 0.4) is 0 Å². The Bertz CT molecular complexity index is 805. The number of nitrogens with two attached hydrogens (primary N) is 1. The minimum Gasteiger partial charge on any atom is -0.375 e. The molecule has 0 bridgehead atoms. The molecule has 1 heterocycles. The standard InChI is InChI=1S/C13H11F.C10H18N2S/c1-10-4-2-3-5-13(10)11-6-8-12(14)9-7-11;1-3-5-8(6-4-2)9-7-12-10(11)13-9/h2-9H,1H3;7-8H,3-6H2,1-2H3,(H2,11,12). The molecule has 2 aromatic carbocycles. The quantitative estimate of drug-likeness (QED) is 0.487. The van der Waals surface area contributed by atoms with Gasteiger partial charge in [-0.2, -0.15) is 0 Å². The van der Waals surface area contributed by atoms with Gasteiger partial charge in [-0.15, -0.1) is 11.3 Å². The summed E-state index contributed by atoms with van der Waals surface area (Å²) in [6, 6.07) is 14.7. The number of anilines is 1. The van der Waals surface area contributed by atoms with Gasteiger partial charge >= 0.3 is 0 Å². The third-order valence-corrected chi connectivity index (χ3v) is 5.51. The van der Waals surface area contributed by atoms with Crippen LogP contribution in [0, 0.1) is 12.7 Å². The molecule has 0 saturated carbocycles. The minimum atomic E-state index is -0.192. The van der Waals surface area contributed by atoms with Crippen LogP contribution in [-0.4, -0.2) is 4.98 Å². The van der Waals surface area contributed by atoms with Gasteiger partial charge in [0.05, 0.1) is 0 Å². The summed E-state index contributed by atoms with van der Waals surface area (Å²) in [4.78, 5) is 5.46. The first-order chi connectivity index (χ1) is 13.0. The predicted octanol–water partition coefficient (Wildman–Crippen LogP) is 7.21. The van der Waals surface area contributed by atoms with Crippen LogP contribution in [0.15, 0.2) is 54.7 Å². The van der Waals surface area contributed by atoms with Crippen molar-refractivity contribution in [1.29, 1.82) is 0 Å². The Kier molecular flexibility index (Phi) is 8.46. The second-order valence-electron chi connectivity index (χ2n) is 6.70. The Morgan fingerprint density at radius 2 is 1.63 bits per heavy atom. The van der Waals surface area contributed by atoms with Crippen LogP contribution in [0.1, 0.15) is 55.9 Å².